The van der Waals surface area contributed by atoms with Crippen LogP contribution in [0.4, 0.5) is 17.6 Å². The van der Waals surface area contributed by atoms with Crippen LogP contribution in [0.2, 0.25) is 0 Å². The number of esters is 1. The number of carbonyl (C=O) groups excluding carboxylic acids is 1. The first-order valence-corrected chi connectivity index (χ1v) is 6.14. The second-order valence-corrected chi connectivity index (χ2v) is 4.93. The zero-order chi connectivity index (χ0) is 14.5. The molecular formula is C9H12F4O5S. The summed E-state index contributed by atoms with van der Waals surface area (Å²) in [5.74, 6) is -2.18. The van der Waals surface area contributed by atoms with Crippen LogP contribution in [0.15, 0.2) is 0 Å². The van der Waals surface area contributed by atoms with E-state index in [0.717, 1.165) is 25.7 Å². The fraction of sp³-hybridized carbons (Fsp3) is 0.889. The molecule has 0 bridgehead atoms. The Labute approximate surface area is 110 Å². The monoisotopic (exact) mass is 308 g/mol. The van der Waals surface area contributed by atoms with Crippen LogP contribution in [0.3, 0.4) is 0 Å². The van der Waals surface area contributed by atoms with Gasteiger partial charge in [0.2, 0.25) is 0 Å². The van der Waals surface area contributed by atoms with Crippen LogP contribution < -0.4 is 0 Å². The van der Waals surface area contributed by atoms with Crippen molar-refractivity contribution in [2.75, 3.05) is 6.61 Å². The SMILES string of the molecule is O=C(OCC1CCCC1)C(F)(SOOO)C(F)(F)F. The number of ether oxygens (including phenoxy) is 1. The van der Waals surface area contributed by atoms with E-state index in [9.17, 15) is 22.4 Å². The van der Waals surface area contributed by atoms with Crippen LogP contribution in [-0.4, -0.2) is 29.0 Å². The van der Waals surface area contributed by atoms with Gasteiger partial charge in [0.1, 0.15) is 0 Å². The van der Waals surface area contributed by atoms with Gasteiger partial charge in [-0.25, -0.2) is 14.4 Å². The Morgan fingerprint density at radius 3 is 2.32 bits per heavy atom. The average Bonchev–Trinajstić information content (AvgIpc) is 2.84. The molecule has 0 aromatic heterocycles. The Morgan fingerprint density at radius 1 is 1.26 bits per heavy atom. The quantitative estimate of drug-likeness (QED) is 0.267. The molecule has 0 heterocycles. The van der Waals surface area contributed by atoms with E-state index < -0.39 is 29.2 Å². The summed E-state index contributed by atoms with van der Waals surface area (Å²) in [6, 6.07) is 0. The number of alkyl halides is 4. The number of carbonyl (C=O) groups is 1. The summed E-state index contributed by atoms with van der Waals surface area (Å²) in [6.07, 6.45) is -2.32. The third kappa shape index (κ3) is 4.20. The first-order chi connectivity index (χ1) is 8.81. The number of rotatable bonds is 6. The van der Waals surface area contributed by atoms with Crippen molar-refractivity contribution in [2.45, 2.75) is 36.9 Å². The van der Waals surface area contributed by atoms with Gasteiger partial charge in [0, 0.05) is 0 Å². The third-order valence-electron chi connectivity index (χ3n) is 2.73. The van der Waals surface area contributed by atoms with E-state index in [4.69, 9.17) is 5.26 Å². The van der Waals surface area contributed by atoms with Crippen LogP contribution in [0.5, 0.6) is 0 Å². The molecule has 1 saturated carbocycles. The minimum absolute atomic E-state index is 0.0542. The molecule has 1 atom stereocenters. The van der Waals surface area contributed by atoms with Gasteiger partial charge in [-0.2, -0.15) is 13.2 Å². The van der Waals surface area contributed by atoms with Gasteiger partial charge in [-0.3, -0.25) is 0 Å². The van der Waals surface area contributed by atoms with Gasteiger partial charge in [0.05, 0.1) is 18.6 Å². The van der Waals surface area contributed by atoms with Gasteiger partial charge in [-0.1, -0.05) is 17.9 Å². The number of hydrogen-bond acceptors (Lipinski definition) is 6. The summed E-state index contributed by atoms with van der Waals surface area (Å²) in [7, 11) is 0. The topological polar surface area (TPSA) is 65.0 Å². The van der Waals surface area contributed by atoms with Crippen LogP contribution in [0, 0.1) is 5.92 Å². The second-order valence-electron chi connectivity index (χ2n) is 4.07. The van der Waals surface area contributed by atoms with Crippen molar-refractivity contribution in [2.24, 2.45) is 5.92 Å². The Hall–Kier alpha value is -0.580. The molecular weight excluding hydrogens is 296 g/mol. The predicted molar refractivity (Wildman–Crippen MR) is 55.2 cm³/mol. The number of hydrogen-bond donors (Lipinski definition) is 1. The molecule has 0 saturated heterocycles. The van der Waals surface area contributed by atoms with Crippen LogP contribution in [0.1, 0.15) is 25.7 Å². The predicted octanol–water partition coefficient (Wildman–Crippen LogP) is 3.02. The molecule has 0 aliphatic heterocycles. The first-order valence-electron chi connectivity index (χ1n) is 5.40. The van der Waals surface area contributed by atoms with Gasteiger partial charge in [0.25, 0.3) is 0 Å². The maximum atomic E-state index is 13.6. The molecule has 0 spiro atoms. The molecule has 0 aromatic carbocycles. The van der Waals surface area contributed by atoms with E-state index in [2.05, 4.69) is 14.1 Å². The Kier molecular flexibility index (Phi) is 5.83. The third-order valence-corrected chi connectivity index (χ3v) is 3.49. The molecule has 5 nitrogen and oxygen atoms in total. The van der Waals surface area contributed by atoms with E-state index in [1.165, 1.54) is 0 Å². The van der Waals surface area contributed by atoms with Crippen LogP contribution in [-0.2, 0) is 18.9 Å². The second kappa shape index (κ2) is 6.73. The molecule has 0 aromatic rings. The van der Waals surface area contributed by atoms with Crippen LogP contribution in [0.25, 0.3) is 0 Å². The zero-order valence-electron chi connectivity index (χ0n) is 9.61. The standard InChI is InChI=1S/C9H12F4O5S/c10-8(9(11,12)13,19-18-17-15)7(14)16-5-6-3-1-2-4-6/h6,15H,1-5H2. The minimum Gasteiger partial charge on any atom is -0.462 e. The molecule has 1 aliphatic rings. The number of halogens is 4. The fourth-order valence-corrected chi connectivity index (χ4v) is 2.07. The van der Waals surface area contributed by atoms with Gasteiger partial charge in [-0.15, -0.1) is 4.33 Å². The zero-order valence-corrected chi connectivity index (χ0v) is 10.4. The van der Waals surface area contributed by atoms with Crippen molar-refractivity contribution in [1.82, 2.24) is 0 Å². The lowest BCUT2D eigenvalue weighted by atomic mass is 10.1. The maximum absolute atomic E-state index is 13.6. The van der Waals surface area contributed by atoms with E-state index in [0.29, 0.717) is 0 Å². The van der Waals surface area contributed by atoms with Crippen molar-refractivity contribution in [3.05, 3.63) is 0 Å². The van der Waals surface area contributed by atoms with Crippen molar-refractivity contribution in [1.29, 1.82) is 0 Å². The summed E-state index contributed by atoms with van der Waals surface area (Å²) in [4.78, 5) is 11.2. The molecule has 112 valence electrons. The lowest BCUT2D eigenvalue weighted by molar-refractivity contribution is -0.433. The Morgan fingerprint density at radius 2 is 1.84 bits per heavy atom. The molecule has 1 aliphatic carbocycles. The summed E-state index contributed by atoms with van der Waals surface area (Å²) in [5.41, 5.74) is 0. The van der Waals surface area contributed by atoms with Crippen molar-refractivity contribution in [3.63, 3.8) is 0 Å². The van der Waals surface area contributed by atoms with Gasteiger partial charge < -0.3 is 4.74 Å². The Bertz CT molecular complexity index is 307. The lowest BCUT2D eigenvalue weighted by Crippen LogP contribution is -2.46. The summed E-state index contributed by atoms with van der Waals surface area (Å²) < 4.78 is 58.7. The normalized spacial score (nSPS) is 20.3. The molecule has 19 heavy (non-hydrogen) atoms. The maximum Gasteiger partial charge on any atom is 0.446 e. The first kappa shape index (κ1) is 16.5. The van der Waals surface area contributed by atoms with Crippen LogP contribution >= 0.6 is 12.0 Å². The minimum atomic E-state index is -5.57. The van der Waals surface area contributed by atoms with Gasteiger partial charge in [-0.05, 0) is 18.8 Å². The summed E-state index contributed by atoms with van der Waals surface area (Å²) in [5, 5.41) is 6.18. The summed E-state index contributed by atoms with van der Waals surface area (Å²) in [6.45, 7) is -0.277. The van der Waals surface area contributed by atoms with E-state index in [1.807, 2.05) is 0 Å². The largest absolute Gasteiger partial charge is 0.462 e. The smallest absolute Gasteiger partial charge is 0.446 e. The Balaban J connectivity index is 2.60. The van der Waals surface area contributed by atoms with E-state index >= 15 is 0 Å². The van der Waals surface area contributed by atoms with E-state index in [-0.39, 0.29) is 12.5 Å². The molecule has 1 rings (SSSR count). The average molecular weight is 308 g/mol. The lowest BCUT2D eigenvalue weighted by Gasteiger charge is -2.23. The molecule has 10 heteroatoms. The van der Waals surface area contributed by atoms with Crippen molar-refractivity contribution >= 4 is 18.0 Å². The highest BCUT2D eigenvalue weighted by Gasteiger charge is 2.66. The molecule has 0 amide bonds. The van der Waals surface area contributed by atoms with Crippen molar-refractivity contribution in [3.8, 4) is 0 Å². The highest BCUT2D eigenvalue weighted by Crippen LogP contribution is 2.44. The van der Waals surface area contributed by atoms with Gasteiger partial charge in [0.15, 0.2) is 0 Å². The highest BCUT2D eigenvalue weighted by atomic mass is 32.2. The molecule has 1 fully saturated rings. The fourth-order valence-electron chi connectivity index (χ4n) is 1.72. The highest BCUT2D eigenvalue weighted by molar-refractivity contribution is 7.96. The van der Waals surface area contributed by atoms with E-state index in [1.54, 1.807) is 0 Å². The summed E-state index contributed by atoms with van der Waals surface area (Å²) >= 11 is -1.02. The molecule has 0 radical (unpaired) electrons. The molecule has 1 unspecified atom stereocenters. The molecule has 1 N–H and O–H groups in total. The van der Waals surface area contributed by atoms with Crippen molar-refractivity contribution < 1.29 is 41.7 Å². The van der Waals surface area contributed by atoms with Gasteiger partial charge >= 0.3 is 17.1 Å².